The summed E-state index contributed by atoms with van der Waals surface area (Å²) in [5.74, 6) is 0.131. The first-order chi connectivity index (χ1) is 12.7. The standard InChI is InChI=1S/C23H31N3O/c1-16(20-9-7-8-11-24-20)26-12-10-17-13-19(23(2,3)4)14-18(15-25(5)6)21(17)22(26)27/h7-9,11,13-14,16H,10,12,15H2,1-6H3. The molecule has 2 aromatic rings. The van der Waals surface area contributed by atoms with Crippen LogP contribution in [-0.2, 0) is 18.4 Å². The van der Waals surface area contributed by atoms with E-state index in [1.165, 1.54) is 11.1 Å². The van der Waals surface area contributed by atoms with Gasteiger partial charge in [-0.3, -0.25) is 9.78 Å². The molecular weight excluding hydrogens is 334 g/mol. The molecule has 1 aromatic heterocycles. The summed E-state index contributed by atoms with van der Waals surface area (Å²) in [6.45, 7) is 10.3. The SMILES string of the molecule is CC(c1ccccn1)N1CCc2cc(C(C)(C)C)cc(CN(C)C)c2C1=O. The van der Waals surface area contributed by atoms with Gasteiger partial charge in [0.2, 0.25) is 0 Å². The van der Waals surface area contributed by atoms with Crippen molar-refractivity contribution < 1.29 is 4.79 Å². The van der Waals surface area contributed by atoms with Crippen molar-refractivity contribution in [2.24, 2.45) is 0 Å². The zero-order chi connectivity index (χ0) is 19.8. The summed E-state index contributed by atoms with van der Waals surface area (Å²) < 4.78 is 0. The van der Waals surface area contributed by atoms with Gasteiger partial charge >= 0.3 is 0 Å². The van der Waals surface area contributed by atoms with E-state index >= 15 is 0 Å². The van der Waals surface area contributed by atoms with Gasteiger partial charge in [0.05, 0.1) is 11.7 Å². The Morgan fingerprint density at radius 3 is 2.56 bits per heavy atom. The highest BCUT2D eigenvalue weighted by atomic mass is 16.2. The second-order valence-corrected chi connectivity index (χ2v) is 8.84. The van der Waals surface area contributed by atoms with Crippen LogP contribution in [0.25, 0.3) is 0 Å². The molecule has 0 saturated heterocycles. The number of aromatic nitrogens is 1. The summed E-state index contributed by atoms with van der Waals surface area (Å²) >= 11 is 0. The fourth-order valence-corrected chi connectivity index (χ4v) is 3.78. The molecule has 1 aliphatic heterocycles. The normalized spacial score (nSPS) is 15.8. The Labute approximate surface area is 163 Å². The molecule has 1 aromatic carbocycles. The van der Waals surface area contributed by atoms with E-state index in [9.17, 15) is 4.79 Å². The third kappa shape index (κ3) is 4.06. The predicted octanol–water partition coefficient (Wildman–Crippen LogP) is 4.20. The lowest BCUT2D eigenvalue weighted by atomic mass is 9.81. The van der Waals surface area contributed by atoms with Crippen LogP contribution in [0, 0.1) is 0 Å². The summed E-state index contributed by atoms with van der Waals surface area (Å²) in [7, 11) is 4.11. The maximum atomic E-state index is 13.5. The molecule has 0 bridgehead atoms. The third-order valence-corrected chi connectivity index (χ3v) is 5.33. The minimum absolute atomic E-state index is 0.0265. The predicted molar refractivity (Wildman–Crippen MR) is 110 cm³/mol. The van der Waals surface area contributed by atoms with Crippen LogP contribution in [-0.4, -0.2) is 41.3 Å². The first-order valence-corrected chi connectivity index (χ1v) is 9.71. The Morgan fingerprint density at radius 1 is 1.22 bits per heavy atom. The van der Waals surface area contributed by atoms with Crippen molar-refractivity contribution in [2.45, 2.75) is 52.1 Å². The molecular formula is C23H31N3O. The number of fused-ring (bicyclic) bond motifs is 1. The van der Waals surface area contributed by atoms with Gasteiger partial charge in [0.25, 0.3) is 5.91 Å². The molecule has 0 spiro atoms. The molecule has 4 heteroatoms. The van der Waals surface area contributed by atoms with E-state index in [0.29, 0.717) is 0 Å². The van der Waals surface area contributed by atoms with Crippen LogP contribution in [0.4, 0.5) is 0 Å². The van der Waals surface area contributed by atoms with Crippen LogP contribution < -0.4 is 0 Å². The molecule has 2 heterocycles. The topological polar surface area (TPSA) is 36.4 Å². The first kappa shape index (κ1) is 19.6. The van der Waals surface area contributed by atoms with Crippen LogP contribution in [0.2, 0.25) is 0 Å². The monoisotopic (exact) mass is 365 g/mol. The van der Waals surface area contributed by atoms with Crippen LogP contribution in [0.1, 0.15) is 66.5 Å². The Hall–Kier alpha value is -2.20. The summed E-state index contributed by atoms with van der Waals surface area (Å²) in [5, 5.41) is 0. The van der Waals surface area contributed by atoms with Crippen molar-refractivity contribution in [1.82, 2.24) is 14.8 Å². The number of hydrogen-bond donors (Lipinski definition) is 0. The lowest BCUT2D eigenvalue weighted by Crippen LogP contribution is -2.40. The highest BCUT2D eigenvalue weighted by molar-refractivity contribution is 5.98. The van der Waals surface area contributed by atoms with Crippen molar-refractivity contribution in [3.05, 3.63) is 64.5 Å². The van der Waals surface area contributed by atoms with E-state index in [1.54, 1.807) is 6.20 Å². The maximum Gasteiger partial charge on any atom is 0.255 e. The molecule has 4 nitrogen and oxygen atoms in total. The first-order valence-electron chi connectivity index (χ1n) is 9.71. The lowest BCUT2D eigenvalue weighted by molar-refractivity contribution is 0.0667. The summed E-state index contributed by atoms with van der Waals surface area (Å²) in [5.41, 5.74) is 5.52. The molecule has 3 rings (SSSR count). The number of hydrogen-bond acceptors (Lipinski definition) is 3. The molecule has 0 radical (unpaired) electrons. The van der Waals surface area contributed by atoms with Crippen molar-refractivity contribution in [1.29, 1.82) is 0 Å². The molecule has 144 valence electrons. The lowest BCUT2D eigenvalue weighted by Gasteiger charge is -2.35. The summed E-state index contributed by atoms with van der Waals surface area (Å²) in [4.78, 5) is 22.0. The number of benzene rings is 1. The second-order valence-electron chi connectivity index (χ2n) is 8.84. The molecule has 0 aliphatic carbocycles. The largest absolute Gasteiger partial charge is 0.330 e. The van der Waals surface area contributed by atoms with E-state index in [2.05, 4.69) is 63.8 Å². The molecule has 27 heavy (non-hydrogen) atoms. The van der Waals surface area contributed by atoms with Crippen molar-refractivity contribution in [3.8, 4) is 0 Å². The van der Waals surface area contributed by atoms with Gasteiger partial charge in [-0.25, -0.2) is 0 Å². The third-order valence-electron chi connectivity index (χ3n) is 5.33. The second kappa shape index (κ2) is 7.43. The van der Waals surface area contributed by atoms with E-state index in [1.807, 2.05) is 23.1 Å². The molecule has 1 unspecified atom stereocenters. The highest BCUT2D eigenvalue weighted by Crippen LogP contribution is 2.33. The van der Waals surface area contributed by atoms with Crippen LogP contribution in [0.15, 0.2) is 36.5 Å². The Bertz CT molecular complexity index is 822. The number of pyridine rings is 1. The zero-order valence-electron chi connectivity index (χ0n) is 17.4. The molecule has 0 saturated carbocycles. The molecule has 1 amide bonds. The average molecular weight is 366 g/mol. The number of carbonyl (C=O) groups is 1. The van der Waals surface area contributed by atoms with Crippen molar-refractivity contribution in [3.63, 3.8) is 0 Å². The van der Waals surface area contributed by atoms with E-state index in [0.717, 1.165) is 36.3 Å². The van der Waals surface area contributed by atoms with Crippen LogP contribution in [0.3, 0.4) is 0 Å². The van der Waals surface area contributed by atoms with Gasteiger partial charge in [-0.05, 0) is 61.7 Å². The van der Waals surface area contributed by atoms with Gasteiger partial charge in [-0.2, -0.15) is 0 Å². The Kier molecular flexibility index (Phi) is 5.38. The highest BCUT2D eigenvalue weighted by Gasteiger charge is 2.32. The zero-order valence-corrected chi connectivity index (χ0v) is 17.4. The summed E-state index contributed by atoms with van der Waals surface area (Å²) in [6.07, 6.45) is 2.68. The number of nitrogens with zero attached hydrogens (tertiary/aromatic N) is 3. The van der Waals surface area contributed by atoms with Crippen molar-refractivity contribution >= 4 is 5.91 Å². The number of rotatable bonds is 4. The van der Waals surface area contributed by atoms with Gasteiger partial charge in [-0.15, -0.1) is 0 Å². The Balaban J connectivity index is 2.03. The fraction of sp³-hybridized carbons (Fsp3) is 0.478. The minimum atomic E-state index is -0.0265. The maximum absolute atomic E-state index is 13.5. The average Bonchev–Trinajstić information content (AvgIpc) is 2.60. The molecule has 0 N–H and O–H groups in total. The summed E-state index contributed by atoms with van der Waals surface area (Å²) in [6, 6.07) is 10.3. The van der Waals surface area contributed by atoms with Crippen molar-refractivity contribution in [2.75, 3.05) is 20.6 Å². The minimum Gasteiger partial charge on any atom is -0.330 e. The van der Waals surface area contributed by atoms with Gasteiger partial charge in [-0.1, -0.05) is 39.0 Å². The van der Waals surface area contributed by atoms with Crippen LogP contribution >= 0.6 is 0 Å². The van der Waals surface area contributed by atoms with E-state index < -0.39 is 0 Å². The number of amides is 1. The Morgan fingerprint density at radius 2 is 1.96 bits per heavy atom. The molecule has 1 atom stereocenters. The van der Waals surface area contributed by atoms with Gasteiger partial charge in [0, 0.05) is 24.8 Å². The van der Waals surface area contributed by atoms with E-state index in [4.69, 9.17) is 0 Å². The van der Waals surface area contributed by atoms with Gasteiger partial charge in [0.1, 0.15) is 0 Å². The number of carbonyl (C=O) groups excluding carboxylic acids is 1. The van der Waals surface area contributed by atoms with Gasteiger partial charge in [0.15, 0.2) is 0 Å². The van der Waals surface area contributed by atoms with Gasteiger partial charge < -0.3 is 9.80 Å². The quantitative estimate of drug-likeness (QED) is 0.815. The van der Waals surface area contributed by atoms with Crippen LogP contribution in [0.5, 0.6) is 0 Å². The fourth-order valence-electron chi connectivity index (χ4n) is 3.78. The smallest absolute Gasteiger partial charge is 0.255 e. The van der Waals surface area contributed by atoms with E-state index in [-0.39, 0.29) is 17.4 Å². The molecule has 1 aliphatic rings. The molecule has 0 fully saturated rings.